The molecule has 188 valence electrons. The standard InChI is InChI=1S/C37H35N/c1-23(2)28-9-13-31(14-10-28)38-36-17-11-29(32-15-7-24(3)19-26(32)5)21-34(36)35-22-30(12-18-37(35)38)33-16-8-25(4)20-27(33)6/h7-23H,1-6H3. The highest BCUT2D eigenvalue weighted by Crippen LogP contribution is 2.38. The molecule has 1 heteroatoms. The summed E-state index contributed by atoms with van der Waals surface area (Å²) in [6.07, 6.45) is 0. The molecule has 5 aromatic carbocycles. The van der Waals surface area contributed by atoms with Crippen molar-refractivity contribution in [1.82, 2.24) is 4.57 Å². The third-order valence-corrected chi connectivity index (χ3v) is 7.97. The molecule has 6 aromatic rings. The summed E-state index contributed by atoms with van der Waals surface area (Å²) >= 11 is 0. The average Bonchev–Trinajstić information content (AvgIpc) is 3.21. The monoisotopic (exact) mass is 493 g/mol. The average molecular weight is 494 g/mol. The molecular formula is C37H35N. The largest absolute Gasteiger partial charge is 0.309 e. The Labute approximate surface area is 226 Å². The molecule has 0 unspecified atom stereocenters. The van der Waals surface area contributed by atoms with Crippen LogP contribution >= 0.6 is 0 Å². The Bertz CT molecular complexity index is 1700. The zero-order valence-electron chi connectivity index (χ0n) is 23.3. The van der Waals surface area contributed by atoms with E-state index >= 15 is 0 Å². The van der Waals surface area contributed by atoms with Crippen LogP contribution in [0.2, 0.25) is 0 Å². The van der Waals surface area contributed by atoms with E-state index in [9.17, 15) is 0 Å². The molecule has 0 amide bonds. The van der Waals surface area contributed by atoms with Gasteiger partial charge < -0.3 is 4.57 Å². The molecule has 6 rings (SSSR count). The molecule has 0 aliphatic rings. The topological polar surface area (TPSA) is 4.93 Å². The highest BCUT2D eigenvalue weighted by atomic mass is 15.0. The number of hydrogen-bond acceptors (Lipinski definition) is 0. The first-order valence-corrected chi connectivity index (χ1v) is 13.6. The van der Waals surface area contributed by atoms with Crippen LogP contribution in [0.3, 0.4) is 0 Å². The number of rotatable bonds is 4. The first kappa shape index (κ1) is 24.2. The van der Waals surface area contributed by atoms with Gasteiger partial charge in [-0.15, -0.1) is 0 Å². The van der Waals surface area contributed by atoms with Crippen LogP contribution in [0.1, 0.15) is 47.6 Å². The normalized spacial score (nSPS) is 11.7. The summed E-state index contributed by atoms with van der Waals surface area (Å²) in [5, 5.41) is 2.58. The van der Waals surface area contributed by atoms with Crippen molar-refractivity contribution < 1.29 is 0 Å². The molecular weight excluding hydrogens is 458 g/mol. The van der Waals surface area contributed by atoms with Crippen LogP contribution < -0.4 is 0 Å². The predicted octanol–water partition coefficient (Wildman–Crippen LogP) is 10.5. The highest BCUT2D eigenvalue weighted by Gasteiger charge is 2.16. The maximum absolute atomic E-state index is 2.42. The first-order valence-electron chi connectivity index (χ1n) is 13.6. The van der Waals surface area contributed by atoms with Gasteiger partial charge in [0, 0.05) is 16.5 Å². The van der Waals surface area contributed by atoms with Gasteiger partial charge in [0.1, 0.15) is 0 Å². The van der Waals surface area contributed by atoms with Crippen molar-refractivity contribution in [3.8, 4) is 27.9 Å². The Morgan fingerprint density at radius 3 is 1.39 bits per heavy atom. The molecule has 1 heterocycles. The molecule has 1 nitrogen and oxygen atoms in total. The third-order valence-electron chi connectivity index (χ3n) is 7.97. The number of nitrogens with zero attached hydrogens (tertiary/aromatic N) is 1. The number of aryl methyl sites for hydroxylation is 4. The minimum absolute atomic E-state index is 0.516. The van der Waals surface area contributed by atoms with E-state index in [1.165, 1.54) is 77.6 Å². The molecule has 0 radical (unpaired) electrons. The molecule has 0 bridgehead atoms. The lowest BCUT2D eigenvalue weighted by Crippen LogP contribution is -1.95. The number of aromatic nitrogens is 1. The Morgan fingerprint density at radius 1 is 0.500 bits per heavy atom. The zero-order chi connectivity index (χ0) is 26.6. The molecule has 38 heavy (non-hydrogen) atoms. The number of benzene rings is 5. The summed E-state index contributed by atoms with van der Waals surface area (Å²) in [7, 11) is 0. The van der Waals surface area contributed by atoms with Crippen LogP contribution in [0, 0.1) is 27.7 Å². The first-order chi connectivity index (χ1) is 18.3. The van der Waals surface area contributed by atoms with Gasteiger partial charge in [-0.3, -0.25) is 0 Å². The second-order valence-electron chi connectivity index (χ2n) is 11.2. The van der Waals surface area contributed by atoms with E-state index in [0.29, 0.717) is 5.92 Å². The highest BCUT2D eigenvalue weighted by molar-refractivity contribution is 6.11. The van der Waals surface area contributed by atoms with E-state index in [-0.39, 0.29) is 0 Å². The van der Waals surface area contributed by atoms with Gasteiger partial charge in [-0.2, -0.15) is 0 Å². The summed E-state index contributed by atoms with van der Waals surface area (Å²) < 4.78 is 2.42. The van der Waals surface area contributed by atoms with E-state index in [4.69, 9.17) is 0 Å². The summed E-state index contributed by atoms with van der Waals surface area (Å²) in [6, 6.07) is 36.5. The minimum atomic E-state index is 0.516. The van der Waals surface area contributed by atoms with Crippen LogP contribution in [0.25, 0.3) is 49.7 Å². The quantitative estimate of drug-likeness (QED) is 0.230. The molecule has 0 saturated heterocycles. The second kappa shape index (κ2) is 9.33. The SMILES string of the molecule is Cc1ccc(-c2ccc3c(c2)c2cc(-c4ccc(C)cc4C)ccc2n3-c2ccc(C(C)C)cc2)c(C)c1. The Balaban J connectivity index is 1.63. The van der Waals surface area contributed by atoms with Crippen molar-refractivity contribution in [2.45, 2.75) is 47.5 Å². The third kappa shape index (κ3) is 4.13. The fraction of sp³-hybridized carbons (Fsp3) is 0.189. The van der Waals surface area contributed by atoms with Crippen LogP contribution in [-0.4, -0.2) is 4.57 Å². The Kier molecular flexibility index (Phi) is 5.95. The van der Waals surface area contributed by atoms with Crippen molar-refractivity contribution in [2.75, 3.05) is 0 Å². The fourth-order valence-corrected chi connectivity index (χ4v) is 5.92. The van der Waals surface area contributed by atoms with Crippen LogP contribution in [0.5, 0.6) is 0 Å². The summed E-state index contributed by atoms with van der Waals surface area (Å²) in [5.74, 6) is 0.516. The van der Waals surface area contributed by atoms with Gasteiger partial charge in [0.05, 0.1) is 11.0 Å². The van der Waals surface area contributed by atoms with Crippen molar-refractivity contribution in [3.63, 3.8) is 0 Å². The molecule has 0 N–H and O–H groups in total. The molecule has 0 fully saturated rings. The molecule has 1 aromatic heterocycles. The zero-order valence-corrected chi connectivity index (χ0v) is 23.3. The second-order valence-corrected chi connectivity index (χ2v) is 11.2. The van der Waals surface area contributed by atoms with E-state index in [1.54, 1.807) is 0 Å². The van der Waals surface area contributed by atoms with Gasteiger partial charge in [0.15, 0.2) is 0 Å². The maximum atomic E-state index is 2.42. The van der Waals surface area contributed by atoms with Gasteiger partial charge in [-0.05, 0) is 109 Å². The Hall–Kier alpha value is -4.10. The van der Waals surface area contributed by atoms with Crippen LogP contribution in [0.15, 0.2) is 97.1 Å². The van der Waals surface area contributed by atoms with E-state index in [0.717, 1.165) is 0 Å². The predicted molar refractivity (Wildman–Crippen MR) is 165 cm³/mol. The number of fused-ring (bicyclic) bond motifs is 3. The summed E-state index contributed by atoms with van der Waals surface area (Å²) in [4.78, 5) is 0. The number of hydrogen-bond donors (Lipinski definition) is 0. The lowest BCUT2D eigenvalue weighted by molar-refractivity contribution is 0.866. The summed E-state index contributed by atoms with van der Waals surface area (Å²) in [6.45, 7) is 13.2. The smallest absolute Gasteiger partial charge is 0.0541 e. The summed E-state index contributed by atoms with van der Waals surface area (Å²) in [5.41, 5.74) is 15.4. The van der Waals surface area contributed by atoms with Crippen LogP contribution in [-0.2, 0) is 0 Å². The Morgan fingerprint density at radius 2 is 0.974 bits per heavy atom. The van der Waals surface area contributed by atoms with Crippen molar-refractivity contribution in [3.05, 3.63) is 125 Å². The molecule has 0 atom stereocenters. The van der Waals surface area contributed by atoms with E-state index < -0.39 is 0 Å². The van der Waals surface area contributed by atoms with Crippen molar-refractivity contribution in [2.24, 2.45) is 0 Å². The molecule has 0 aliphatic carbocycles. The van der Waals surface area contributed by atoms with Crippen LogP contribution in [0.4, 0.5) is 0 Å². The molecule has 0 aliphatic heterocycles. The molecule has 0 spiro atoms. The lowest BCUT2D eigenvalue weighted by atomic mass is 9.95. The van der Waals surface area contributed by atoms with Gasteiger partial charge in [0.25, 0.3) is 0 Å². The van der Waals surface area contributed by atoms with E-state index in [1.807, 2.05) is 0 Å². The van der Waals surface area contributed by atoms with Gasteiger partial charge in [-0.1, -0.05) is 85.6 Å². The molecule has 0 saturated carbocycles. The van der Waals surface area contributed by atoms with Gasteiger partial charge >= 0.3 is 0 Å². The van der Waals surface area contributed by atoms with Crippen molar-refractivity contribution in [1.29, 1.82) is 0 Å². The minimum Gasteiger partial charge on any atom is -0.309 e. The van der Waals surface area contributed by atoms with Gasteiger partial charge in [-0.25, -0.2) is 0 Å². The fourth-order valence-electron chi connectivity index (χ4n) is 5.92. The van der Waals surface area contributed by atoms with Crippen molar-refractivity contribution >= 4 is 21.8 Å². The van der Waals surface area contributed by atoms with Gasteiger partial charge in [0.2, 0.25) is 0 Å². The maximum Gasteiger partial charge on any atom is 0.0541 e. The lowest BCUT2D eigenvalue weighted by Gasteiger charge is -2.12. The van der Waals surface area contributed by atoms with E-state index in [2.05, 4.69) is 143 Å².